The maximum Gasteiger partial charge on any atom is 0.317 e. The average molecular weight is 361 g/mol. The second-order valence-electron chi connectivity index (χ2n) is 7.57. The van der Waals surface area contributed by atoms with E-state index >= 15 is 0 Å². The average Bonchev–Trinajstić information content (AvgIpc) is 3.46. The van der Waals surface area contributed by atoms with Crippen LogP contribution in [0.25, 0.3) is 0 Å². The van der Waals surface area contributed by atoms with E-state index in [-0.39, 0.29) is 29.6 Å². The molecular formula is C20H28FN3O2. The summed E-state index contributed by atoms with van der Waals surface area (Å²) in [6.45, 7) is 5.87. The van der Waals surface area contributed by atoms with Crippen molar-refractivity contribution in [2.24, 2.45) is 11.8 Å². The molecule has 5 nitrogen and oxygen atoms in total. The number of rotatable bonds is 5. The molecule has 142 valence electrons. The summed E-state index contributed by atoms with van der Waals surface area (Å²) in [7, 11) is 0. The Kier molecular flexibility index (Phi) is 5.79. The molecule has 0 aromatic heterocycles. The fourth-order valence-corrected chi connectivity index (χ4v) is 3.59. The van der Waals surface area contributed by atoms with Gasteiger partial charge in [-0.1, -0.05) is 12.1 Å². The molecule has 0 spiro atoms. The molecule has 2 atom stereocenters. The molecule has 0 radical (unpaired) electrons. The second kappa shape index (κ2) is 8.06. The Morgan fingerprint density at radius 2 is 2.00 bits per heavy atom. The fourth-order valence-electron chi connectivity index (χ4n) is 3.59. The van der Waals surface area contributed by atoms with Gasteiger partial charge in [0.05, 0.1) is 5.92 Å². The van der Waals surface area contributed by atoms with E-state index in [1.807, 2.05) is 13.0 Å². The van der Waals surface area contributed by atoms with E-state index in [1.54, 1.807) is 17.9 Å². The summed E-state index contributed by atoms with van der Waals surface area (Å²) in [5, 5.41) is 5.86. The zero-order chi connectivity index (χ0) is 18.7. The van der Waals surface area contributed by atoms with Crippen molar-refractivity contribution in [1.29, 1.82) is 0 Å². The molecule has 1 saturated carbocycles. The van der Waals surface area contributed by atoms with Crippen molar-refractivity contribution in [1.82, 2.24) is 15.5 Å². The molecule has 0 bridgehead atoms. The minimum Gasteiger partial charge on any atom is -0.356 e. The lowest BCUT2D eigenvalue weighted by Gasteiger charge is -2.37. The third kappa shape index (κ3) is 4.54. The third-order valence-corrected chi connectivity index (χ3v) is 5.35. The van der Waals surface area contributed by atoms with E-state index in [9.17, 15) is 14.0 Å². The number of halogens is 1. The Labute approximate surface area is 154 Å². The van der Waals surface area contributed by atoms with E-state index in [4.69, 9.17) is 0 Å². The molecule has 1 aliphatic heterocycles. The van der Waals surface area contributed by atoms with Gasteiger partial charge in [0.25, 0.3) is 0 Å². The zero-order valence-electron chi connectivity index (χ0n) is 15.6. The highest BCUT2D eigenvalue weighted by Crippen LogP contribution is 2.32. The number of aryl methyl sites for hydroxylation is 1. The van der Waals surface area contributed by atoms with Gasteiger partial charge in [0.15, 0.2) is 0 Å². The zero-order valence-corrected chi connectivity index (χ0v) is 15.6. The molecule has 2 unspecified atom stereocenters. The summed E-state index contributed by atoms with van der Waals surface area (Å²) in [6, 6.07) is 4.93. The number of piperidine rings is 1. The Bertz CT molecular complexity index is 675. The number of amides is 3. The fraction of sp³-hybridized carbons (Fsp3) is 0.600. The van der Waals surface area contributed by atoms with Crippen molar-refractivity contribution < 1.29 is 14.0 Å². The molecule has 3 rings (SSSR count). The maximum absolute atomic E-state index is 13.6. The normalized spacial score (nSPS) is 22.8. The number of nitrogens with one attached hydrogen (secondary N) is 2. The Morgan fingerprint density at radius 1 is 1.23 bits per heavy atom. The topological polar surface area (TPSA) is 61.4 Å². The lowest BCUT2D eigenvalue weighted by molar-refractivity contribution is -0.126. The van der Waals surface area contributed by atoms with Gasteiger partial charge in [-0.2, -0.15) is 0 Å². The monoisotopic (exact) mass is 361 g/mol. The van der Waals surface area contributed by atoms with E-state index in [0.717, 1.165) is 12.1 Å². The molecule has 1 saturated heterocycles. The first-order valence-electron chi connectivity index (χ1n) is 9.54. The highest BCUT2D eigenvalue weighted by molar-refractivity contribution is 5.81. The van der Waals surface area contributed by atoms with Crippen LogP contribution in [0.5, 0.6) is 0 Å². The van der Waals surface area contributed by atoms with E-state index < -0.39 is 0 Å². The van der Waals surface area contributed by atoms with Gasteiger partial charge in [0, 0.05) is 32.1 Å². The quantitative estimate of drug-likeness (QED) is 0.847. The van der Waals surface area contributed by atoms with Crippen LogP contribution in [0.15, 0.2) is 18.2 Å². The van der Waals surface area contributed by atoms with E-state index in [1.165, 1.54) is 18.9 Å². The third-order valence-electron chi connectivity index (χ3n) is 5.35. The van der Waals surface area contributed by atoms with E-state index in [2.05, 4.69) is 10.6 Å². The van der Waals surface area contributed by atoms with Gasteiger partial charge in [-0.25, -0.2) is 9.18 Å². The predicted octanol–water partition coefficient (Wildman–Crippen LogP) is 2.80. The highest BCUT2D eigenvalue weighted by atomic mass is 19.1. The first-order valence-corrected chi connectivity index (χ1v) is 9.54. The lowest BCUT2D eigenvalue weighted by Crippen LogP contribution is -2.51. The van der Waals surface area contributed by atoms with Crippen molar-refractivity contribution in [3.05, 3.63) is 35.1 Å². The maximum atomic E-state index is 13.6. The first kappa shape index (κ1) is 18.7. The smallest absolute Gasteiger partial charge is 0.317 e. The number of hydrogen-bond donors (Lipinski definition) is 2. The predicted molar refractivity (Wildman–Crippen MR) is 98.4 cm³/mol. The number of hydrogen-bond acceptors (Lipinski definition) is 2. The molecule has 1 aromatic rings. The minimum absolute atomic E-state index is 0.0229. The molecule has 1 aromatic carbocycles. The van der Waals surface area contributed by atoms with Gasteiger partial charge in [-0.3, -0.25) is 4.79 Å². The van der Waals surface area contributed by atoms with Crippen LogP contribution in [-0.4, -0.2) is 43.0 Å². The molecule has 1 heterocycles. The minimum atomic E-state index is -0.236. The molecule has 26 heavy (non-hydrogen) atoms. The van der Waals surface area contributed by atoms with Crippen LogP contribution in [0.2, 0.25) is 0 Å². The number of likely N-dealkylation sites (tertiary alicyclic amines) is 1. The van der Waals surface area contributed by atoms with Crippen molar-refractivity contribution in [3.63, 3.8) is 0 Å². The van der Waals surface area contributed by atoms with E-state index in [0.29, 0.717) is 37.5 Å². The number of carbonyl (C=O) groups is 2. The summed E-state index contributed by atoms with van der Waals surface area (Å²) in [6.07, 6.45) is 3.05. The Morgan fingerprint density at radius 3 is 2.65 bits per heavy atom. The van der Waals surface area contributed by atoms with Crippen LogP contribution in [0, 0.1) is 24.6 Å². The second-order valence-corrected chi connectivity index (χ2v) is 7.57. The van der Waals surface area contributed by atoms with Crippen LogP contribution in [0.4, 0.5) is 9.18 Å². The number of nitrogens with zero attached hydrogens (tertiary/aromatic N) is 1. The van der Waals surface area contributed by atoms with Gasteiger partial charge in [-0.15, -0.1) is 0 Å². The standard InChI is InChI=1S/C20H28FN3O2/c1-3-22-20(26)24-11-16(15-6-7-18(21)13(2)8-15)9-17(12-24)19(25)23-10-14-4-5-14/h6-8,14,16-17H,3-5,9-12H2,1-2H3,(H,22,26)(H,23,25). The summed E-state index contributed by atoms with van der Waals surface area (Å²) in [4.78, 5) is 26.7. The van der Waals surface area contributed by atoms with Crippen LogP contribution in [0.3, 0.4) is 0 Å². The Balaban J connectivity index is 1.74. The summed E-state index contributed by atoms with van der Waals surface area (Å²) in [5.41, 5.74) is 1.57. The number of carbonyl (C=O) groups excluding carboxylic acids is 2. The molecule has 2 aliphatic rings. The van der Waals surface area contributed by atoms with Gasteiger partial charge in [0.1, 0.15) is 5.82 Å². The molecular weight excluding hydrogens is 333 g/mol. The van der Waals surface area contributed by atoms with Crippen LogP contribution in [-0.2, 0) is 4.79 Å². The number of benzene rings is 1. The van der Waals surface area contributed by atoms with Crippen LogP contribution in [0.1, 0.15) is 43.2 Å². The first-order chi connectivity index (χ1) is 12.5. The summed E-state index contributed by atoms with van der Waals surface area (Å²) >= 11 is 0. The Hall–Kier alpha value is -2.11. The van der Waals surface area contributed by atoms with Gasteiger partial charge in [-0.05, 0) is 56.2 Å². The van der Waals surface area contributed by atoms with Crippen LogP contribution < -0.4 is 10.6 Å². The van der Waals surface area contributed by atoms with Gasteiger partial charge >= 0.3 is 6.03 Å². The molecule has 6 heteroatoms. The van der Waals surface area contributed by atoms with Crippen molar-refractivity contribution in [2.45, 2.75) is 39.0 Å². The summed E-state index contributed by atoms with van der Waals surface area (Å²) in [5.74, 6) is 0.207. The lowest BCUT2D eigenvalue weighted by atomic mass is 9.83. The largest absolute Gasteiger partial charge is 0.356 e. The van der Waals surface area contributed by atoms with Crippen LogP contribution >= 0.6 is 0 Å². The van der Waals surface area contributed by atoms with Crippen molar-refractivity contribution >= 4 is 11.9 Å². The van der Waals surface area contributed by atoms with Crippen molar-refractivity contribution in [3.8, 4) is 0 Å². The van der Waals surface area contributed by atoms with Crippen molar-refractivity contribution in [2.75, 3.05) is 26.2 Å². The van der Waals surface area contributed by atoms with Gasteiger partial charge in [0.2, 0.25) is 5.91 Å². The molecule has 3 amide bonds. The van der Waals surface area contributed by atoms with Gasteiger partial charge < -0.3 is 15.5 Å². The number of urea groups is 1. The SMILES string of the molecule is CCNC(=O)N1CC(C(=O)NCC2CC2)CC(c2ccc(F)c(C)c2)C1. The molecule has 1 aliphatic carbocycles. The molecule has 2 N–H and O–H groups in total. The summed E-state index contributed by atoms with van der Waals surface area (Å²) < 4.78 is 13.6. The molecule has 2 fully saturated rings. The highest BCUT2D eigenvalue weighted by Gasteiger charge is 2.35.